The van der Waals surface area contributed by atoms with Crippen molar-refractivity contribution >= 4 is 6.09 Å². The van der Waals surface area contributed by atoms with E-state index in [0.29, 0.717) is 19.7 Å². The van der Waals surface area contributed by atoms with Crippen molar-refractivity contribution in [1.29, 1.82) is 0 Å². The van der Waals surface area contributed by atoms with Crippen LogP contribution in [0.3, 0.4) is 0 Å². The van der Waals surface area contributed by atoms with E-state index in [-0.39, 0.29) is 6.09 Å². The minimum Gasteiger partial charge on any atom is -0.444 e. The van der Waals surface area contributed by atoms with Crippen molar-refractivity contribution in [2.45, 2.75) is 39.4 Å². The molecule has 0 aliphatic carbocycles. The van der Waals surface area contributed by atoms with Gasteiger partial charge >= 0.3 is 6.09 Å². The predicted octanol–water partition coefficient (Wildman–Crippen LogP) is 2.62. The Morgan fingerprint density at radius 1 is 1.15 bits per heavy atom. The van der Waals surface area contributed by atoms with E-state index < -0.39 is 5.60 Å². The van der Waals surface area contributed by atoms with Crippen molar-refractivity contribution < 1.29 is 14.4 Å². The van der Waals surface area contributed by atoms with Crippen LogP contribution in [0.2, 0.25) is 0 Å². The third-order valence-electron chi connectivity index (χ3n) is 2.31. The molecular formula is C15H24N2O3. The van der Waals surface area contributed by atoms with E-state index in [2.05, 4.69) is 10.8 Å². The number of rotatable bonds is 7. The normalized spacial score (nSPS) is 11.2. The smallest absolute Gasteiger partial charge is 0.407 e. The van der Waals surface area contributed by atoms with Crippen LogP contribution in [0.25, 0.3) is 0 Å². The molecule has 0 fully saturated rings. The Hall–Kier alpha value is -1.59. The molecule has 0 bridgehead atoms. The van der Waals surface area contributed by atoms with Gasteiger partial charge in [-0.05, 0) is 32.8 Å². The van der Waals surface area contributed by atoms with Gasteiger partial charge in [-0.15, -0.1) is 0 Å². The number of carbonyl (C=O) groups excluding carboxylic acids is 1. The van der Waals surface area contributed by atoms with Gasteiger partial charge in [-0.3, -0.25) is 4.84 Å². The van der Waals surface area contributed by atoms with Crippen molar-refractivity contribution in [3.8, 4) is 0 Å². The fourth-order valence-corrected chi connectivity index (χ4v) is 1.45. The first-order valence-corrected chi connectivity index (χ1v) is 6.83. The number of hydroxylamine groups is 1. The van der Waals surface area contributed by atoms with Gasteiger partial charge in [0, 0.05) is 13.1 Å². The lowest BCUT2D eigenvalue weighted by Crippen LogP contribution is -2.33. The second kappa shape index (κ2) is 8.55. The van der Waals surface area contributed by atoms with Crippen molar-refractivity contribution in [1.82, 2.24) is 10.8 Å². The molecule has 0 saturated carbocycles. The topological polar surface area (TPSA) is 59.6 Å². The Morgan fingerprint density at radius 2 is 1.85 bits per heavy atom. The van der Waals surface area contributed by atoms with Crippen molar-refractivity contribution in [2.24, 2.45) is 0 Å². The van der Waals surface area contributed by atoms with Crippen LogP contribution >= 0.6 is 0 Å². The van der Waals surface area contributed by atoms with Crippen LogP contribution in [-0.4, -0.2) is 24.8 Å². The van der Waals surface area contributed by atoms with Crippen LogP contribution in [0.5, 0.6) is 0 Å². The maximum absolute atomic E-state index is 11.3. The molecule has 0 atom stereocenters. The second-order valence-electron chi connectivity index (χ2n) is 5.45. The van der Waals surface area contributed by atoms with Crippen LogP contribution in [0.15, 0.2) is 30.3 Å². The molecular weight excluding hydrogens is 256 g/mol. The van der Waals surface area contributed by atoms with Gasteiger partial charge in [0.05, 0.1) is 6.61 Å². The number of hydrogen-bond acceptors (Lipinski definition) is 4. The fourth-order valence-electron chi connectivity index (χ4n) is 1.45. The van der Waals surface area contributed by atoms with Crippen LogP contribution in [0.1, 0.15) is 32.8 Å². The van der Waals surface area contributed by atoms with Gasteiger partial charge in [0.2, 0.25) is 0 Å². The quantitative estimate of drug-likeness (QED) is 0.595. The molecule has 5 nitrogen and oxygen atoms in total. The molecule has 0 aliphatic rings. The third kappa shape index (κ3) is 8.50. The van der Waals surface area contributed by atoms with E-state index in [0.717, 1.165) is 12.0 Å². The summed E-state index contributed by atoms with van der Waals surface area (Å²) in [6.07, 6.45) is 0.385. The highest BCUT2D eigenvalue weighted by molar-refractivity contribution is 5.67. The molecule has 0 radical (unpaired) electrons. The summed E-state index contributed by atoms with van der Waals surface area (Å²) in [6, 6.07) is 9.93. The number of nitrogens with one attached hydrogen (secondary N) is 2. The first-order valence-electron chi connectivity index (χ1n) is 6.83. The molecule has 2 N–H and O–H groups in total. The lowest BCUT2D eigenvalue weighted by molar-refractivity contribution is 0.0269. The molecule has 112 valence electrons. The summed E-state index contributed by atoms with van der Waals surface area (Å²) in [4.78, 5) is 16.7. The maximum atomic E-state index is 11.3. The monoisotopic (exact) mass is 280 g/mol. The average Bonchev–Trinajstić information content (AvgIpc) is 2.37. The molecule has 0 aliphatic heterocycles. The molecule has 0 unspecified atom stereocenters. The SMILES string of the molecule is CC(C)(C)OC(=O)NCCCNOCc1ccccc1. The Bertz CT molecular complexity index is 388. The number of hydrogen-bond donors (Lipinski definition) is 2. The molecule has 5 heteroatoms. The van der Waals surface area contributed by atoms with E-state index in [1.807, 2.05) is 51.1 Å². The minimum absolute atomic E-state index is 0.386. The van der Waals surface area contributed by atoms with Crippen LogP contribution in [0, 0.1) is 0 Å². The van der Waals surface area contributed by atoms with Gasteiger partial charge in [-0.25, -0.2) is 10.3 Å². The summed E-state index contributed by atoms with van der Waals surface area (Å²) < 4.78 is 5.12. The first-order chi connectivity index (χ1) is 9.47. The van der Waals surface area contributed by atoms with Crippen molar-refractivity contribution in [3.63, 3.8) is 0 Å². The van der Waals surface area contributed by atoms with Gasteiger partial charge in [0.25, 0.3) is 0 Å². The molecule has 0 aromatic heterocycles. The highest BCUT2D eigenvalue weighted by atomic mass is 16.6. The van der Waals surface area contributed by atoms with E-state index in [4.69, 9.17) is 9.57 Å². The predicted molar refractivity (Wildman–Crippen MR) is 78.1 cm³/mol. The Balaban J connectivity index is 1.96. The molecule has 1 rings (SSSR count). The number of ether oxygens (including phenoxy) is 1. The molecule has 0 saturated heterocycles. The summed E-state index contributed by atoms with van der Waals surface area (Å²) in [5.41, 5.74) is 3.52. The van der Waals surface area contributed by atoms with Gasteiger partial charge in [-0.2, -0.15) is 0 Å². The van der Waals surface area contributed by atoms with E-state index in [1.54, 1.807) is 0 Å². The average molecular weight is 280 g/mol. The summed E-state index contributed by atoms with van der Waals surface area (Å²) in [5.74, 6) is 0. The molecule has 0 heterocycles. The highest BCUT2D eigenvalue weighted by Gasteiger charge is 2.15. The van der Waals surface area contributed by atoms with E-state index in [9.17, 15) is 4.79 Å². The highest BCUT2D eigenvalue weighted by Crippen LogP contribution is 2.06. The zero-order valence-electron chi connectivity index (χ0n) is 12.4. The summed E-state index contributed by atoms with van der Waals surface area (Å²) in [7, 11) is 0. The Kier molecular flexibility index (Phi) is 7.04. The van der Waals surface area contributed by atoms with Gasteiger partial charge in [0.15, 0.2) is 0 Å². The third-order valence-corrected chi connectivity index (χ3v) is 2.31. The number of carbonyl (C=O) groups is 1. The Labute approximate surface area is 120 Å². The van der Waals surface area contributed by atoms with Gasteiger partial charge in [-0.1, -0.05) is 30.3 Å². The maximum Gasteiger partial charge on any atom is 0.407 e. The van der Waals surface area contributed by atoms with Gasteiger partial charge in [0.1, 0.15) is 5.60 Å². The van der Waals surface area contributed by atoms with Gasteiger partial charge < -0.3 is 10.1 Å². The molecule has 1 aromatic carbocycles. The number of amides is 1. The summed E-state index contributed by atoms with van der Waals surface area (Å²) >= 11 is 0. The largest absolute Gasteiger partial charge is 0.444 e. The fraction of sp³-hybridized carbons (Fsp3) is 0.533. The second-order valence-corrected chi connectivity index (χ2v) is 5.45. The van der Waals surface area contributed by atoms with Crippen molar-refractivity contribution in [3.05, 3.63) is 35.9 Å². The minimum atomic E-state index is -0.457. The molecule has 0 spiro atoms. The summed E-state index contributed by atoms with van der Waals surface area (Å²) in [6.45, 7) is 7.27. The van der Waals surface area contributed by atoms with Crippen LogP contribution < -0.4 is 10.8 Å². The zero-order valence-corrected chi connectivity index (χ0v) is 12.4. The lowest BCUT2D eigenvalue weighted by atomic mass is 10.2. The number of benzene rings is 1. The number of alkyl carbamates (subject to hydrolysis) is 1. The van der Waals surface area contributed by atoms with E-state index in [1.165, 1.54) is 0 Å². The van der Waals surface area contributed by atoms with E-state index >= 15 is 0 Å². The molecule has 1 amide bonds. The molecule has 20 heavy (non-hydrogen) atoms. The standard InChI is InChI=1S/C15H24N2O3/c1-15(2,3)20-14(18)16-10-7-11-17-19-12-13-8-5-4-6-9-13/h4-6,8-9,17H,7,10-12H2,1-3H3,(H,16,18). The summed E-state index contributed by atoms with van der Waals surface area (Å²) in [5, 5.41) is 2.69. The van der Waals surface area contributed by atoms with Crippen LogP contribution in [0.4, 0.5) is 4.79 Å². The lowest BCUT2D eigenvalue weighted by Gasteiger charge is -2.19. The zero-order chi connectivity index (χ0) is 14.8. The molecule has 1 aromatic rings. The Morgan fingerprint density at radius 3 is 2.50 bits per heavy atom. The first kappa shape index (κ1) is 16.5. The van der Waals surface area contributed by atoms with Crippen LogP contribution in [-0.2, 0) is 16.2 Å². The van der Waals surface area contributed by atoms with Crippen molar-refractivity contribution in [2.75, 3.05) is 13.1 Å².